The van der Waals surface area contributed by atoms with Crippen LogP contribution in [0.5, 0.6) is 0 Å². The van der Waals surface area contributed by atoms with Crippen LogP contribution < -0.4 is 0 Å². The zero-order chi connectivity index (χ0) is 15.6. The van der Waals surface area contributed by atoms with Gasteiger partial charge in [-0.05, 0) is 60.1 Å². The molecule has 0 N–H and O–H groups in total. The summed E-state index contributed by atoms with van der Waals surface area (Å²) in [5, 5.41) is 0. The number of likely N-dealkylation sites (tertiary alicyclic amines) is 1. The maximum atomic E-state index is 12.7. The first-order chi connectivity index (χ1) is 9.86. The summed E-state index contributed by atoms with van der Waals surface area (Å²) in [6, 6.07) is 5.42. The lowest BCUT2D eigenvalue weighted by Gasteiger charge is -2.25. The van der Waals surface area contributed by atoms with Gasteiger partial charge in [0, 0.05) is 30.0 Å². The van der Waals surface area contributed by atoms with E-state index in [-0.39, 0.29) is 0 Å². The van der Waals surface area contributed by atoms with E-state index >= 15 is 0 Å². The Hall–Kier alpha value is -0.140. The molecule has 1 aliphatic heterocycles. The van der Waals surface area contributed by atoms with Crippen molar-refractivity contribution >= 4 is 37.6 Å². The lowest BCUT2D eigenvalue weighted by Crippen LogP contribution is -2.39. The van der Waals surface area contributed by atoms with E-state index in [1.54, 1.807) is 25.2 Å². The van der Waals surface area contributed by atoms with E-state index in [0.717, 1.165) is 24.9 Å². The highest BCUT2D eigenvalue weighted by atomic mass is 79.9. The Labute approximate surface area is 140 Å². The first-order valence-corrected chi connectivity index (χ1v) is 9.64. The average molecular weight is 396 g/mol. The van der Waals surface area contributed by atoms with Gasteiger partial charge in [-0.3, -0.25) is 0 Å². The van der Waals surface area contributed by atoms with Crippen LogP contribution in [0.1, 0.15) is 18.4 Å². The Morgan fingerprint density at radius 3 is 2.71 bits per heavy atom. The maximum Gasteiger partial charge on any atom is 0.243 e. The van der Waals surface area contributed by atoms with E-state index in [9.17, 15) is 8.42 Å². The molecule has 7 heteroatoms. The number of halogens is 2. The minimum atomic E-state index is -3.49. The molecule has 1 saturated heterocycles. The molecule has 0 spiro atoms. The predicted molar refractivity (Wildman–Crippen MR) is 89.2 cm³/mol. The van der Waals surface area contributed by atoms with Crippen LogP contribution in [0.2, 0.25) is 0 Å². The van der Waals surface area contributed by atoms with Crippen molar-refractivity contribution in [3.63, 3.8) is 0 Å². The van der Waals surface area contributed by atoms with Gasteiger partial charge in [0.05, 0.1) is 4.90 Å². The van der Waals surface area contributed by atoms with E-state index in [1.165, 1.54) is 4.31 Å². The fraction of sp³-hybridized carbons (Fsp3) is 0.571. The van der Waals surface area contributed by atoms with Gasteiger partial charge < -0.3 is 4.90 Å². The van der Waals surface area contributed by atoms with Crippen molar-refractivity contribution in [3.8, 4) is 0 Å². The average Bonchev–Trinajstić information content (AvgIpc) is 2.83. The van der Waals surface area contributed by atoms with Crippen LogP contribution in [0.25, 0.3) is 0 Å². The van der Waals surface area contributed by atoms with Crippen molar-refractivity contribution in [1.29, 1.82) is 0 Å². The van der Waals surface area contributed by atoms with Crippen molar-refractivity contribution in [1.82, 2.24) is 9.21 Å². The second kappa shape index (κ2) is 6.96. The summed E-state index contributed by atoms with van der Waals surface area (Å²) in [5.41, 5.74) is 0.890. The van der Waals surface area contributed by atoms with E-state index < -0.39 is 10.0 Å². The molecule has 1 aromatic rings. The number of sulfonamides is 1. The molecule has 0 aromatic heterocycles. The summed E-state index contributed by atoms with van der Waals surface area (Å²) in [5.74, 6) is 0.363. The molecule has 1 atom stereocenters. The van der Waals surface area contributed by atoms with Gasteiger partial charge in [0.2, 0.25) is 10.0 Å². The molecule has 0 radical (unpaired) electrons. The molecule has 0 aliphatic carbocycles. The highest BCUT2D eigenvalue weighted by molar-refractivity contribution is 9.10. The van der Waals surface area contributed by atoms with Crippen molar-refractivity contribution in [2.75, 3.05) is 27.2 Å². The number of alkyl halides is 1. The Balaban J connectivity index is 2.20. The Kier molecular flexibility index (Phi) is 5.71. The summed E-state index contributed by atoms with van der Waals surface area (Å²) in [7, 11) is 0.198. The number of nitrogens with zero attached hydrogens (tertiary/aromatic N) is 2. The van der Waals surface area contributed by atoms with E-state index in [1.807, 2.05) is 7.05 Å². The molecule has 1 aliphatic rings. The molecule has 21 heavy (non-hydrogen) atoms. The van der Waals surface area contributed by atoms with Gasteiger partial charge >= 0.3 is 0 Å². The van der Waals surface area contributed by atoms with Crippen molar-refractivity contribution in [3.05, 3.63) is 28.2 Å². The van der Waals surface area contributed by atoms with Crippen LogP contribution in [-0.4, -0.2) is 50.8 Å². The van der Waals surface area contributed by atoms with Crippen molar-refractivity contribution < 1.29 is 8.42 Å². The summed E-state index contributed by atoms with van der Waals surface area (Å²) in [6.45, 7) is 1.55. The fourth-order valence-electron chi connectivity index (χ4n) is 2.61. The quantitative estimate of drug-likeness (QED) is 0.720. The fourth-order valence-corrected chi connectivity index (χ4v) is 5.06. The highest BCUT2D eigenvalue weighted by Crippen LogP contribution is 2.27. The minimum absolute atomic E-state index is 0.291. The topological polar surface area (TPSA) is 40.6 Å². The standard InChI is InChI=1S/C14H20BrClN2O2S/c1-17-7-3-4-12(17)10-18(2)21(19,20)14-6-5-11(9-16)8-13(14)15/h5-6,8,12H,3-4,7,9-10H2,1-2H3. The molecular weight excluding hydrogens is 376 g/mol. The van der Waals surface area contributed by atoms with Crippen LogP contribution in [0, 0.1) is 0 Å². The summed E-state index contributed by atoms with van der Waals surface area (Å²) in [6.07, 6.45) is 2.17. The van der Waals surface area contributed by atoms with Crippen LogP contribution in [0.3, 0.4) is 0 Å². The third kappa shape index (κ3) is 3.79. The molecular formula is C14H20BrClN2O2S. The Morgan fingerprint density at radius 1 is 1.48 bits per heavy atom. The first kappa shape index (κ1) is 17.2. The molecule has 2 rings (SSSR count). The van der Waals surface area contributed by atoms with Gasteiger partial charge in [-0.25, -0.2) is 8.42 Å². The molecule has 0 saturated carbocycles. The number of benzene rings is 1. The number of hydrogen-bond donors (Lipinski definition) is 0. The smallest absolute Gasteiger partial charge is 0.243 e. The van der Waals surface area contributed by atoms with E-state index in [2.05, 4.69) is 20.8 Å². The zero-order valence-electron chi connectivity index (χ0n) is 12.2. The summed E-state index contributed by atoms with van der Waals surface area (Å²) < 4.78 is 27.4. The summed E-state index contributed by atoms with van der Waals surface area (Å²) >= 11 is 9.11. The number of rotatable bonds is 5. The van der Waals surface area contributed by atoms with Crippen molar-refractivity contribution in [2.45, 2.75) is 29.7 Å². The van der Waals surface area contributed by atoms with E-state index in [4.69, 9.17) is 11.6 Å². The normalized spacial score (nSPS) is 20.3. The SMILES string of the molecule is CN1CCCC1CN(C)S(=O)(=O)c1ccc(CCl)cc1Br. The highest BCUT2D eigenvalue weighted by Gasteiger charge is 2.29. The van der Waals surface area contributed by atoms with Crippen LogP contribution in [-0.2, 0) is 15.9 Å². The second-order valence-electron chi connectivity index (χ2n) is 5.46. The van der Waals surface area contributed by atoms with Crippen LogP contribution >= 0.6 is 27.5 Å². The largest absolute Gasteiger partial charge is 0.302 e. The van der Waals surface area contributed by atoms with Gasteiger partial charge in [0.15, 0.2) is 0 Å². The molecule has 4 nitrogen and oxygen atoms in total. The lowest BCUT2D eigenvalue weighted by atomic mass is 10.2. The Bertz CT molecular complexity index is 609. The van der Waals surface area contributed by atoms with Crippen molar-refractivity contribution in [2.24, 2.45) is 0 Å². The lowest BCUT2D eigenvalue weighted by molar-refractivity contribution is 0.271. The van der Waals surface area contributed by atoms with Gasteiger partial charge in [-0.1, -0.05) is 6.07 Å². The first-order valence-electron chi connectivity index (χ1n) is 6.87. The minimum Gasteiger partial charge on any atom is -0.302 e. The molecule has 1 unspecified atom stereocenters. The number of likely N-dealkylation sites (N-methyl/N-ethyl adjacent to an activating group) is 2. The molecule has 118 valence electrons. The van der Waals surface area contributed by atoms with Gasteiger partial charge in [0.1, 0.15) is 0 Å². The molecule has 0 bridgehead atoms. The van der Waals surface area contributed by atoms with Gasteiger partial charge in [-0.2, -0.15) is 4.31 Å². The predicted octanol–water partition coefficient (Wildman–Crippen LogP) is 2.90. The molecule has 1 heterocycles. The third-order valence-corrected chi connectivity index (χ3v) is 7.09. The van der Waals surface area contributed by atoms with Gasteiger partial charge in [-0.15, -0.1) is 11.6 Å². The molecule has 1 fully saturated rings. The van der Waals surface area contributed by atoms with Crippen LogP contribution in [0.4, 0.5) is 0 Å². The molecule has 1 aromatic carbocycles. The Morgan fingerprint density at radius 2 is 2.19 bits per heavy atom. The van der Waals surface area contributed by atoms with Crippen LogP contribution in [0.15, 0.2) is 27.6 Å². The monoisotopic (exact) mass is 394 g/mol. The second-order valence-corrected chi connectivity index (χ2v) is 8.60. The zero-order valence-corrected chi connectivity index (χ0v) is 15.4. The van der Waals surface area contributed by atoms with Gasteiger partial charge in [0.25, 0.3) is 0 Å². The maximum absolute atomic E-state index is 12.7. The van der Waals surface area contributed by atoms with E-state index in [0.29, 0.717) is 27.8 Å². The third-order valence-electron chi connectivity index (χ3n) is 3.98. The summed E-state index contributed by atoms with van der Waals surface area (Å²) in [4.78, 5) is 2.51. The molecule has 0 amide bonds. The number of hydrogen-bond acceptors (Lipinski definition) is 3.